The molecule has 28 heavy (non-hydrogen) atoms. The molecule has 0 spiro atoms. The Bertz CT molecular complexity index is 596. The number of hydrogen-bond acceptors (Lipinski definition) is 7. The summed E-state index contributed by atoms with van der Waals surface area (Å²) in [6.45, 7) is 0.195. The smallest absolute Gasteiger partial charge is 0.326 e. The highest BCUT2D eigenvalue weighted by molar-refractivity contribution is 7.98. The van der Waals surface area contributed by atoms with Gasteiger partial charge in [0, 0.05) is 0 Å². The lowest BCUT2D eigenvalue weighted by Gasteiger charge is -2.20. The van der Waals surface area contributed by atoms with Gasteiger partial charge < -0.3 is 32.1 Å². The Hall–Kier alpha value is -2.34. The van der Waals surface area contributed by atoms with E-state index in [9.17, 15) is 24.0 Å². The minimum atomic E-state index is -1.22. The minimum absolute atomic E-state index is 0.241. The van der Waals surface area contributed by atoms with E-state index in [1.54, 1.807) is 0 Å². The van der Waals surface area contributed by atoms with Crippen LogP contribution in [0.2, 0.25) is 0 Å². The molecule has 1 aliphatic rings. The first-order valence-corrected chi connectivity index (χ1v) is 10.2. The zero-order valence-electron chi connectivity index (χ0n) is 15.7. The number of primary amides is 1. The molecular formula is C16H27N5O6S. The second-order valence-electron chi connectivity index (χ2n) is 6.34. The number of carbonyl (C=O) groups excluding carboxylic acids is 4. The maximum Gasteiger partial charge on any atom is 0.326 e. The van der Waals surface area contributed by atoms with Gasteiger partial charge >= 0.3 is 5.97 Å². The van der Waals surface area contributed by atoms with E-state index in [1.165, 1.54) is 11.8 Å². The molecule has 11 nitrogen and oxygen atoms in total. The number of nitrogens with two attached hydrogens (primary N) is 1. The molecule has 0 radical (unpaired) electrons. The van der Waals surface area contributed by atoms with Crippen LogP contribution in [0.15, 0.2) is 0 Å². The zero-order chi connectivity index (χ0) is 21.1. The molecule has 0 aromatic heterocycles. The van der Waals surface area contributed by atoms with Crippen molar-refractivity contribution in [2.24, 2.45) is 5.73 Å². The maximum absolute atomic E-state index is 12.3. The lowest BCUT2D eigenvalue weighted by Crippen LogP contribution is -2.54. The summed E-state index contributed by atoms with van der Waals surface area (Å²) in [5, 5.41) is 19.1. The van der Waals surface area contributed by atoms with Crippen molar-refractivity contribution in [3.05, 3.63) is 0 Å². The number of hydrogen-bond donors (Lipinski definition) is 6. The molecule has 0 bridgehead atoms. The van der Waals surface area contributed by atoms with Crippen molar-refractivity contribution in [3.63, 3.8) is 0 Å². The molecule has 12 heteroatoms. The van der Waals surface area contributed by atoms with E-state index in [0.717, 1.165) is 6.42 Å². The Morgan fingerprint density at radius 2 is 1.93 bits per heavy atom. The van der Waals surface area contributed by atoms with Crippen molar-refractivity contribution < 1.29 is 29.1 Å². The van der Waals surface area contributed by atoms with Crippen LogP contribution in [0.25, 0.3) is 0 Å². The molecule has 158 valence electrons. The molecule has 0 aliphatic carbocycles. The van der Waals surface area contributed by atoms with Gasteiger partial charge in [-0.3, -0.25) is 19.2 Å². The first-order chi connectivity index (χ1) is 13.2. The van der Waals surface area contributed by atoms with Crippen LogP contribution in [0.4, 0.5) is 0 Å². The Balaban J connectivity index is 2.56. The summed E-state index contributed by atoms with van der Waals surface area (Å²) in [6.07, 6.45) is 3.08. The number of nitrogens with one attached hydrogen (secondary N) is 4. The van der Waals surface area contributed by atoms with Crippen molar-refractivity contribution in [2.75, 3.05) is 25.1 Å². The lowest BCUT2D eigenvalue weighted by atomic mass is 10.1. The number of carbonyl (C=O) groups is 5. The number of rotatable bonds is 12. The molecule has 1 rings (SSSR count). The predicted octanol–water partition coefficient (Wildman–Crippen LogP) is -2.46. The van der Waals surface area contributed by atoms with Crippen LogP contribution < -0.4 is 27.0 Å². The summed E-state index contributed by atoms with van der Waals surface area (Å²) < 4.78 is 0. The molecule has 1 heterocycles. The second-order valence-corrected chi connectivity index (χ2v) is 7.32. The fraction of sp³-hybridized carbons (Fsp3) is 0.688. The van der Waals surface area contributed by atoms with Crippen molar-refractivity contribution in [2.45, 2.75) is 43.8 Å². The summed E-state index contributed by atoms with van der Waals surface area (Å²) in [7, 11) is 0. The Labute approximate surface area is 166 Å². The summed E-state index contributed by atoms with van der Waals surface area (Å²) in [6, 6.07) is -2.72. The molecule has 0 aromatic rings. The highest BCUT2D eigenvalue weighted by Gasteiger charge is 2.29. The van der Waals surface area contributed by atoms with E-state index in [1.807, 2.05) is 6.26 Å². The molecule has 7 N–H and O–H groups in total. The molecule has 0 saturated carbocycles. The molecule has 3 atom stereocenters. The van der Waals surface area contributed by atoms with Crippen LogP contribution in [0.1, 0.15) is 25.7 Å². The predicted molar refractivity (Wildman–Crippen MR) is 102 cm³/mol. The largest absolute Gasteiger partial charge is 0.480 e. The van der Waals surface area contributed by atoms with Crippen LogP contribution in [0.5, 0.6) is 0 Å². The van der Waals surface area contributed by atoms with Crippen LogP contribution in [-0.4, -0.2) is 77.9 Å². The third kappa shape index (κ3) is 8.57. The van der Waals surface area contributed by atoms with Crippen LogP contribution in [0, 0.1) is 0 Å². The normalized spacial score (nSPS) is 18.0. The van der Waals surface area contributed by atoms with E-state index in [2.05, 4.69) is 21.3 Å². The van der Waals surface area contributed by atoms with Gasteiger partial charge in [-0.15, -0.1) is 0 Å². The van der Waals surface area contributed by atoms with Gasteiger partial charge in [-0.2, -0.15) is 11.8 Å². The number of amides is 4. The zero-order valence-corrected chi connectivity index (χ0v) is 16.5. The quantitative estimate of drug-likeness (QED) is 0.202. The van der Waals surface area contributed by atoms with E-state index < -0.39 is 60.7 Å². The van der Waals surface area contributed by atoms with Gasteiger partial charge in [0.1, 0.15) is 12.1 Å². The number of thioether (sulfide) groups is 1. The van der Waals surface area contributed by atoms with Gasteiger partial charge in [0.2, 0.25) is 23.6 Å². The van der Waals surface area contributed by atoms with Crippen molar-refractivity contribution >= 4 is 41.4 Å². The average molecular weight is 417 g/mol. The fourth-order valence-corrected chi connectivity index (χ4v) is 3.09. The summed E-state index contributed by atoms with van der Waals surface area (Å²) >= 11 is 1.44. The Kier molecular flexibility index (Phi) is 10.3. The molecule has 0 aromatic carbocycles. The second kappa shape index (κ2) is 12.2. The lowest BCUT2D eigenvalue weighted by molar-refractivity contribution is -0.141. The van der Waals surface area contributed by atoms with Crippen LogP contribution in [0.3, 0.4) is 0 Å². The molecule has 3 unspecified atom stereocenters. The highest BCUT2D eigenvalue weighted by Crippen LogP contribution is 2.06. The van der Waals surface area contributed by atoms with Crippen LogP contribution >= 0.6 is 11.8 Å². The summed E-state index contributed by atoms with van der Waals surface area (Å²) in [5.41, 5.74) is 5.13. The first kappa shape index (κ1) is 23.7. The van der Waals surface area contributed by atoms with Gasteiger partial charge in [0.05, 0.1) is 19.0 Å². The Morgan fingerprint density at radius 3 is 2.46 bits per heavy atom. The molecule has 4 amide bonds. The standard InChI is InChI=1S/C16H27N5O6S/c1-28-6-4-10(16(26)27)20-13(23)8-19-14(24)11(7-12(17)22)21-15(25)9-3-2-5-18-9/h9-11,18H,2-8H2,1H3,(H2,17,22)(H,19,24)(H,20,23)(H,21,25)(H,26,27). The molecular weight excluding hydrogens is 390 g/mol. The van der Waals surface area contributed by atoms with Gasteiger partial charge in [-0.1, -0.05) is 0 Å². The van der Waals surface area contributed by atoms with Crippen LogP contribution in [-0.2, 0) is 24.0 Å². The topological polar surface area (TPSA) is 180 Å². The van der Waals surface area contributed by atoms with E-state index in [-0.39, 0.29) is 6.42 Å². The Morgan fingerprint density at radius 1 is 1.21 bits per heavy atom. The first-order valence-electron chi connectivity index (χ1n) is 8.85. The third-order valence-electron chi connectivity index (χ3n) is 4.08. The fourth-order valence-electron chi connectivity index (χ4n) is 2.62. The SMILES string of the molecule is CSCCC(NC(=O)CNC(=O)C(CC(N)=O)NC(=O)C1CCCN1)C(=O)O. The number of carboxylic acids is 1. The number of aliphatic carboxylic acids is 1. The van der Waals surface area contributed by atoms with E-state index in [0.29, 0.717) is 18.7 Å². The van der Waals surface area contributed by atoms with Gasteiger partial charge in [-0.25, -0.2) is 4.79 Å². The van der Waals surface area contributed by atoms with Gasteiger partial charge in [-0.05, 0) is 37.8 Å². The average Bonchev–Trinajstić information content (AvgIpc) is 3.16. The minimum Gasteiger partial charge on any atom is -0.480 e. The molecule has 1 saturated heterocycles. The highest BCUT2D eigenvalue weighted by atomic mass is 32.2. The van der Waals surface area contributed by atoms with Gasteiger partial charge in [0.15, 0.2) is 0 Å². The molecule has 1 fully saturated rings. The van der Waals surface area contributed by atoms with Gasteiger partial charge in [0.25, 0.3) is 0 Å². The summed E-state index contributed by atoms with van der Waals surface area (Å²) in [4.78, 5) is 58.7. The summed E-state index contributed by atoms with van der Waals surface area (Å²) in [5.74, 6) is -3.28. The monoisotopic (exact) mass is 417 g/mol. The number of carboxylic acid groups (broad SMARTS) is 1. The van der Waals surface area contributed by atoms with Crippen molar-refractivity contribution in [3.8, 4) is 0 Å². The van der Waals surface area contributed by atoms with Crippen molar-refractivity contribution in [1.82, 2.24) is 21.3 Å². The molecule has 1 aliphatic heterocycles. The van der Waals surface area contributed by atoms with E-state index in [4.69, 9.17) is 10.8 Å². The van der Waals surface area contributed by atoms with E-state index >= 15 is 0 Å². The third-order valence-corrected chi connectivity index (χ3v) is 4.73. The van der Waals surface area contributed by atoms with Crippen molar-refractivity contribution in [1.29, 1.82) is 0 Å². The maximum atomic E-state index is 12.3.